The second-order valence-corrected chi connectivity index (χ2v) is 7.98. The molecule has 0 aromatic heterocycles. The molecule has 0 saturated heterocycles. The largest absolute Gasteiger partial charge is 0.462 e. The van der Waals surface area contributed by atoms with Crippen LogP contribution in [0.1, 0.15) is 92.9 Å². The van der Waals surface area contributed by atoms with E-state index in [0.29, 0.717) is 25.7 Å². The molecule has 1 unspecified atom stereocenters. The third kappa shape index (κ3) is 12.2. The highest BCUT2D eigenvalue weighted by molar-refractivity contribution is 6.03. The summed E-state index contributed by atoms with van der Waals surface area (Å²) in [5.74, 6) is -0.693. The second-order valence-electron chi connectivity index (χ2n) is 7.98. The van der Waals surface area contributed by atoms with Crippen LogP contribution in [0.2, 0.25) is 0 Å². The normalized spacial score (nSPS) is 11.8. The number of carbonyl (C=O) groups is 2. The fourth-order valence-corrected chi connectivity index (χ4v) is 3.23. The predicted molar refractivity (Wildman–Crippen MR) is 126 cm³/mol. The van der Waals surface area contributed by atoms with E-state index < -0.39 is 11.9 Å². The van der Waals surface area contributed by atoms with E-state index in [4.69, 9.17) is 18.9 Å². The lowest BCUT2D eigenvalue weighted by Crippen LogP contribution is -2.18. The second kappa shape index (κ2) is 18.6. The third-order valence-electron chi connectivity index (χ3n) is 5.34. The van der Waals surface area contributed by atoms with E-state index in [1.165, 1.54) is 19.3 Å². The summed E-state index contributed by atoms with van der Waals surface area (Å²) < 4.78 is 21.7. The molecule has 0 aliphatic heterocycles. The molecular formula is C26H42O6. The van der Waals surface area contributed by atoms with Crippen LogP contribution in [-0.4, -0.2) is 51.6 Å². The summed E-state index contributed by atoms with van der Waals surface area (Å²) in [7, 11) is 0. The van der Waals surface area contributed by atoms with Gasteiger partial charge in [-0.3, -0.25) is 0 Å². The first-order chi connectivity index (χ1) is 15.6. The number of esters is 2. The van der Waals surface area contributed by atoms with Crippen molar-refractivity contribution in [2.45, 2.75) is 72.1 Å². The van der Waals surface area contributed by atoms with Crippen molar-refractivity contribution in [3.05, 3.63) is 35.4 Å². The molecule has 0 bridgehead atoms. The molecule has 1 atom stereocenters. The zero-order valence-corrected chi connectivity index (χ0v) is 20.2. The van der Waals surface area contributed by atoms with Crippen molar-refractivity contribution in [2.24, 2.45) is 5.92 Å². The molecule has 0 aliphatic rings. The first kappa shape index (κ1) is 28.1. The molecule has 32 heavy (non-hydrogen) atoms. The molecule has 0 amide bonds. The van der Waals surface area contributed by atoms with Crippen molar-refractivity contribution in [2.75, 3.05) is 39.6 Å². The first-order valence-corrected chi connectivity index (χ1v) is 12.2. The minimum Gasteiger partial charge on any atom is -0.462 e. The van der Waals surface area contributed by atoms with E-state index in [0.717, 1.165) is 38.7 Å². The number of rotatable bonds is 19. The molecule has 1 rings (SSSR count). The summed E-state index contributed by atoms with van der Waals surface area (Å²) in [4.78, 5) is 25.0. The molecule has 0 radical (unpaired) electrons. The lowest BCUT2D eigenvalue weighted by atomic mass is 10.0. The monoisotopic (exact) mass is 450 g/mol. The van der Waals surface area contributed by atoms with Gasteiger partial charge in [0.2, 0.25) is 0 Å². The quantitative estimate of drug-likeness (QED) is 0.195. The lowest BCUT2D eigenvalue weighted by Gasteiger charge is -2.15. The number of ether oxygens (including phenoxy) is 4. The van der Waals surface area contributed by atoms with Crippen LogP contribution in [0.5, 0.6) is 0 Å². The summed E-state index contributed by atoms with van der Waals surface area (Å²) >= 11 is 0. The van der Waals surface area contributed by atoms with Crippen LogP contribution in [0.3, 0.4) is 0 Å². The Hall–Kier alpha value is -1.92. The number of hydrogen-bond donors (Lipinski definition) is 0. The lowest BCUT2D eigenvalue weighted by molar-refractivity contribution is 0.0138. The Balaban J connectivity index is 2.33. The molecule has 6 nitrogen and oxygen atoms in total. The zero-order chi connectivity index (χ0) is 23.4. The third-order valence-corrected chi connectivity index (χ3v) is 5.34. The fourth-order valence-electron chi connectivity index (χ4n) is 3.23. The van der Waals surface area contributed by atoms with Crippen LogP contribution >= 0.6 is 0 Å². The van der Waals surface area contributed by atoms with Crippen molar-refractivity contribution < 1.29 is 28.5 Å². The molecule has 0 heterocycles. The van der Waals surface area contributed by atoms with E-state index in [2.05, 4.69) is 20.8 Å². The SMILES string of the molecule is CCCCCCOCCOCCOC(=O)c1ccccc1C(=O)OCC(CC)CCCC. The summed E-state index contributed by atoms with van der Waals surface area (Å²) in [5.41, 5.74) is 0.453. The van der Waals surface area contributed by atoms with E-state index in [1.54, 1.807) is 24.3 Å². The van der Waals surface area contributed by atoms with Crippen LogP contribution in [0.4, 0.5) is 0 Å². The van der Waals surface area contributed by atoms with Gasteiger partial charge in [-0.25, -0.2) is 9.59 Å². The summed E-state index contributed by atoms with van der Waals surface area (Å²) in [6.45, 7) is 8.95. The molecule has 1 aromatic rings. The number of hydrogen-bond acceptors (Lipinski definition) is 6. The van der Waals surface area contributed by atoms with E-state index >= 15 is 0 Å². The van der Waals surface area contributed by atoms with Crippen molar-refractivity contribution >= 4 is 11.9 Å². The zero-order valence-electron chi connectivity index (χ0n) is 20.2. The minimum atomic E-state index is -0.550. The van der Waals surface area contributed by atoms with E-state index in [-0.39, 0.29) is 24.3 Å². The average Bonchev–Trinajstić information content (AvgIpc) is 2.82. The fraction of sp³-hybridized carbons (Fsp3) is 0.692. The van der Waals surface area contributed by atoms with Crippen molar-refractivity contribution in [1.82, 2.24) is 0 Å². The van der Waals surface area contributed by atoms with Gasteiger partial charge >= 0.3 is 11.9 Å². The smallest absolute Gasteiger partial charge is 0.339 e. The maximum Gasteiger partial charge on any atom is 0.339 e. The number of carbonyl (C=O) groups excluding carboxylic acids is 2. The first-order valence-electron chi connectivity index (χ1n) is 12.2. The van der Waals surface area contributed by atoms with Crippen molar-refractivity contribution in [3.8, 4) is 0 Å². The van der Waals surface area contributed by atoms with Crippen LogP contribution in [0.25, 0.3) is 0 Å². The highest BCUT2D eigenvalue weighted by atomic mass is 16.6. The maximum absolute atomic E-state index is 12.6. The van der Waals surface area contributed by atoms with E-state index in [9.17, 15) is 9.59 Å². The number of unbranched alkanes of at least 4 members (excludes halogenated alkanes) is 4. The van der Waals surface area contributed by atoms with E-state index in [1.807, 2.05) is 0 Å². The van der Waals surface area contributed by atoms with Gasteiger partial charge in [-0.1, -0.05) is 71.4 Å². The molecular weight excluding hydrogens is 408 g/mol. The molecule has 0 saturated carbocycles. The van der Waals surface area contributed by atoms with Gasteiger partial charge in [0.25, 0.3) is 0 Å². The minimum absolute atomic E-state index is 0.119. The number of benzene rings is 1. The molecule has 0 aliphatic carbocycles. The highest BCUT2D eigenvalue weighted by Crippen LogP contribution is 2.16. The van der Waals surface area contributed by atoms with Gasteiger partial charge in [0, 0.05) is 6.61 Å². The molecule has 0 fully saturated rings. The van der Waals surface area contributed by atoms with Crippen LogP contribution in [0, 0.1) is 5.92 Å². The molecule has 182 valence electrons. The Bertz CT molecular complexity index is 630. The average molecular weight is 451 g/mol. The molecule has 6 heteroatoms. The Labute approximate surface area is 194 Å². The Kier molecular flexibility index (Phi) is 16.4. The van der Waals surface area contributed by atoms with Gasteiger partial charge in [0.15, 0.2) is 0 Å². The van der Waals surface area contributed by atoms with Gasteiger partial charge in [-0.15, -0.1) is 0 Å². The van der Waals surface area contributed by atoms with Gasteiger partial charge in [0.1, 0.15) is 6.61 Å². The van der Waals surface area contributed by atoms with Gasteiger partial charge in [0.05, 0.1) is 37.6 Å². The molecule has 0 N–H and O–H groups in total. The predicted octanol–water partition coefficient (Wildman–Crippen LogP) is 5.83. The van der Waals surface area contributed by atoms with Crippen LogP contribution in [0.15, 0.2) is 24.3 Å². The van der Waals surface area contributed by atoms with Gasteiger partial charge in [-0.05, 0) is 30.9 Å². The van der Waals surface area contributed by atoms with Crippen LogP contribution < -0.4 is 0 Å². The summed E-state index contributed by atoms with van der Waals surface area (Å²) in [6, 6.07) is 6.60. The van der Waals surface area contributed by atoms with Crippen molar-refractivity contribution in [1.29, 1.82) is 0 Å². The van der Waals surface area contributed by atoms with Crippen LogP contribution in [-0.2, 0) is 18.9 Å². The Morgan fingerprint density at radius 2 is 1.31 bits per heavy atom. The highest BCUT2D eigenvalue weighted by Gasteiger charge is 2.20. The summed E-state index contributed by atoms with van der Waals surface area (Å²) in [5, 5.41) is 0. The topological polar surface area (TPSA) is 71.1 Å². The molecule has 1 aromatic carbocycles. The van der Waals surface area contributed by atoms with Gasteiger partial charge < -0.3 is 18.9 Å². The van der Waals surface area contributed by atoms with Gasteiger partial charge in [-0.2, -0.15) is 0 Å². The maximum atomic E-state index is 12.6. The molecule has 0 spiro atoms. The van der Waals surface area contributed by atoms with Crippen molar-refractivity contribution in [3.63, 3.8) is 0 Å². The Morgan fingerprint density at radius 3 is 1.94 bits per heavy atom. The summed E-state index contributed by atoms with van der Waals surface area (Å²) in [6.07, 6.45) is 8.96. The standard InChI is InChI=1S/C26H42O6/c1-4-7-9-12-16-29-17-18-30-19-20-31-25(27)23-14-10-11-15-24(23)26(28)32-21-22(6-3)13-8-5-2/h10-11,14-15,22H,4-9,12-13,16-21H2,1-3H3. The Morgan fingerprint density at radius 1 is 0.719 bits per heavy atom.